The summed E-state index contributed by atoms with van der Waals surface area (Å²) >= 11 is 6.08. The average Bonchev–Trinajstić information content (AvgIpc) is 3.05. The van der Waals surface area contributed by atoms with Gasteiger partial charge >= 0.3 is 0 Å². The first-order valence-corrected chi connectivity index (χ1v) is 9.72. The molecule has 0 atom stereocenters. The molecule has 0 spiro atoms. The topological polar surface area (TPSA) is 40.9 Å². The highest BCUT2D eigenvalue weighted by Gasteiger charge is 2.27. The number of benzene rings is 1. The Balaban J connectivity index is 1.55. The predicted octanol–water partition coefficient (Wildman–Crippen LogP) is 3.82. The molecule has 140 valence electrons. The summed E-state index contributed by atoms with van der Waals surface area (Å²) in [4.78, 5) is 22.1. The summed E-state index contributed by atoms with van der Waals surface area (Å²) in [5, 5.41) is 0.626. The Morgan fingerprint density at radius 2 is 1.93 bits per heavy atom. The van der Waals surface area contributed by atoms with Gasteiger partial charge in [-0.1, -0.05) is 30.7 Å². The third-order valence-electron chi connectivity index (χ3n) is 5.13. The van der Waals surface area contributed by atoms with Crippen LogP contribution in [0.5, 0.6) is 0 Å². The van der Waals surface area contributed by atoms with E-state index in [2.05, 4.69) is 41.1 Å². The van der Waals surface area contributed by atoms with Crippen LogP contribution in [0, 0.1) is 6.92 Å². The summed E-state index contributed by atoms with van der Waals surface area (Å²) in [6, 6.07) is 12.1. The summed E-state index contributed by atoms with van der Waals surface area (Å²) in [6.07, 6.45) is 2.55. The molecule has 3 aromatic rings. The SMILES string of the molecule is CCc1nc2cc(Cl)ccn2c1C(=O)N1CCN(c2cccc(C)c2)CC1. The molecule has 1 aliphatic rings. The Labute approximate surface area is 164 Å². The van der Waals surface area contributed by atoms with Gasteiger partial charge in [0.1, 0.15) is 11.3 Å². The van der Waals surface area contributed by atoms with Gasteiger partial charge in [0.15, 0.2) is 0 Å². The van der Waals surface area contributed by atoms with Crippen molar-refractivity contribution in [2.75, 3.05) is 31.1 Å². The second-order valence-electron chi connectivity index (χ2n) is 6.95. The fraction of sp³-hybridized carbons (Fsp3) is 0.333. The van der Waals surface area contributed by atoms with Crippen LogP contribution in [-0.4, -0.2) is 46.4 Å². The van der Waals surface area contributed by atoms with Crippen molar-refractivity contribution in [3.63, 3.8) is 0 Å². The zero-order chi connectivity index (χ0) is 19.0. The number of carbonyl (C=O) groups excluding carboxylic acids is 1. The van der Waals surface area contributed by atoms with Gasteiger partial charge < -0.3 is 9.80 Å². The van der Waals surface area contributed by atoms with Crippen LogP contribution in [0.1, 0.15) is 28.7 Å². The molecule has 3 heterocycles. The molecule has 4 rings (SSSR count). The summed E-state index contributed by atoms with van der Waals surface area (Å²) in [5.41, 5.74) is 4.68. The number of fused-ring (bicyclic) bond motifs is 1. The van der Waals surface area contributed by atoms with Crippen LogP contribution in [0.15, 0.2) is 42.6 Å². The first-order valence-electron chi connectivity index (χ1n) is 9.34. The lowest BCUT2D eigenvalue weighted by Crippen LogP contribution is -2.49. The molecule has 1 aliphatic heterocycles. The van der Waals surface area contributed by atoms with Crippen molar-refractivity contribution in [1.82, 2.24) is 14.3 Å². The van der Waals surface area contributed by atoms with Crippen LogP contribution in [0.3, 0.4) is 0 Å². The zero-order valence-electron chi connectivity index (χ0n) is 15.7. The standard InChI is InChI=1S/C21H23ClN4O/c1-3-18-20(26-8-7-16(22)14-19(26)23-18)21(27)25-11-9-24(10-12-25)17-6-4-5-15(2)13-17/h4-8,13-14H,3,9-12H2,1-2H3. The van der Waals surface area contributed by atoms with Gasteiger partial charge in [-0.2, -0.15) is 0 Å². The lowest BCUT2D eigenvalue weighted by atomic mass is 10.1. The van der Waals surface area contributed by atoms with Gasteiger partial charge in [0.05, 0.1) is 5.69 Å². The Morgan fingerprint density at radius 1 is 1.15 bits per heavy atom. The third-order valence-corrected chi connectivity index (χ3v) is 5.37. The first kappa shape index (κ1) is 17.9. The number of carbonyl (C=O) groups is 1. The number of hydrogen-bond acceptors (Lipinski definition) is 3. The molecule has 0 N–H and O–H groups in total. The monoisotopic (exact) mass is 382 g/mol. The van der Waals surface area contributed by atoms with Crippen LogP contribution >= 0.6 is 11.6 Å². The van der Waals surface area contributed by atoms with Gasteiger partial charge in [-0.15, -0.1) is 0 Å². The molecule has 0 radical (unpaired) electrons. The van der Waals surface area contributed by atoms with Gasteiger partial charge in [-0.05, 0) is 37.1 Å². The summed E-state index contributed by atoms with van der Waals surface area (Å²) < 4.78 is 1.86. The molecule has 1 amide bonds. The minimum atomic E-state index is 0.0468. The lowest BCUT2D eigenvalue weighted by Gasteiger charge is -2.36. The van der Waals surface area contributed by atoms with Crippen molar-refractivity contribution < 1.29 is 4.79 Å². The van der Waals surface area contributed by atoms with Gasteiger partial charge in [-0.3, -0.25) is 9.20 Å². The van der Waals surface area contributed by atoms with E-state index >= 15 is 0 Å². The zero-order valence-corrected chi connectivity index (χ0v) is 16.4. The molecule has 5 nitrogen and oxygen atoms in total. The van der Waals surface area contributed by atoms with Crippen molar-refractivity contribution in [3.8, 4) is 0 Å². The van der Waals surface area contributed by atoms with E-state index in [1.807, 2.05) is 22.4 Å². The van der Waals surface area contributed by atoms with Gasteiger partial charge in [0, 0.05) is 49.2 Å². The molecule has 1 saturated heterocycles. The van der Waals surface area contributed by atoms with E-state index in [4.69, 9.17) is 11.6 Å². The van der Waals surface area contributed by atoms with Crippen molar-refractivity contribution in [2.24, 2.45) is 0 Å². The number of rotatable bonds is 3. The Bertz CT molecular complexity index is 989. The molecule has 6 heteroatoms. The second kappa shape index (κ2) is 7.24. The maximum absolute atomic E-state index is 13.3. The van der Waals surface area contributed by atoms with Crippen LogP contribution in [-0.2, 0) is 6.42 Å². The van der Waals surface area contributed by atoms with Gasteiger partial charge in [0.25, 0.3) is 5.91 Å². The maximum Gasteiger partial charge on any atom is 0.272 e. The van der Waals surface area contributed by atoms with Crippen LogP contribution in [0.4, 0.5) is 5.69 Å². The smallest absolute Gasteiger partial charge is 0.272 e. The fourth-order valence-corrected chi connectivity index (χ4v) is 3.84. The maximum atomic E-state index is 13.3. The summed E-state index contributed by atoms with van der Waals surface area (Å²) in [7, 11) is 0. The van der Waals surface area contributed by atoms with E-state index in [9.17, 15) is 4.79 Å². The Hall–Kier alpha value is -2.53. The predicted molar refractivity (Wildman–Crippen MR) is 109 cm³/mol. The highest BCUT2D eigenvalue weighted by molar-refractivity contribution is 6.30. The van der Waals surface area contributed by atoms with E-state index < -0.39 is 0 Å². The van der Waals surface area contributed by atoms with E-state index in [1.165, 1.54) is 11.3 Å². The van der Waals surface area contributed by atoms with Crippen LogP contribution in [0.25, 0.3) is 5.65 Å². The normalized spacial score (nSPS) is 14.8. The van der Waals surface area contributed by atoms with Crippen molar-refractivity contribution in [2.45, 2.75) is 20.3 Å². The number of aryl methyl sites for hydroxylation is 2. The van der Waals surface area contributed by atoms with Crippen LogP contribution in [0.2, 0.25) is 5.02 Å². The number of piperazine rings is 1. The summed E-state index contributed by atoms with van der Waals surface area (Å²) in [6.45, 7) is 7.20. The quantitative estimate of drug-likeness (QED) is 0.691. The minimum Gasteiger partial charge on any atom is -0.368 e. The molecule has 0 saturated carbocycles. The largest absolute Gasteiger partial charge is 0.368 e. The minimum absolute atomic E-state index is 0.0468. The highest BCUT2D eigenvalue weighted by Crippen LogP contribution is 2.22. The number of imidazole rings is 1. The highest BCUT2D eigenvalue weighted by atomic mass is 35.5. The van der Waals surface area contributed by atoms with Crippen molar-refractivity contribution in [3.05, 3.63) is 64.6 Å². The number of amides is 1. The molecule has 0 unspecified atom stereocenters. The number of aromatic nitrogens is 2. The summed E-state index contributed by atoms with van der Waals surface area (Å²) in [5.74, 6) is 0.0468. The molecule has 0 aliphatic carbocycles. The molecular formula is C21H23ClN4O. The van der Waals surface area contributed by atoms with E-state index in [-0.39, 0.29) is 5.91 Å². The fourth-order valence-electron chi connectivity index (χ4n) is 3.68. The number of halogens is 1. The number of hydrogen-bond donors (Lipinski definition) is 0. The lowest BCUT2D eigenvalue weighted by molar-refractivity contribution is 0.0738. The first-order chi connectivity index (χ1) is 13.1. The van der Waals surface area contributed by atoms with Gasteiger partial charge in [-0.25, -0.2) is 4.98 Å². The third kappa shape index (κ3) is 3.39. The van der Waals surface area contributed by atoms with Crippen molar-refractivity contribution >= 4 is 28.8 Å². The van der Waals surface area contributed by atoms with Gasteiger partial charge in [0.2, 0.25) is 0 Å². The van der Waals surface area contributed by atoms with E-state index in [0.29, 0.717) is 30.2 Å². The van der Waals surface area contributed by atoms with Crippen LogP contribution < -0.4 is 4.90 Å². The molecule has 1 aromatic carbocycles. The number of nitrogens with zero attached hydrogens (tertiary/aromatic N) is 4. The van der Waals surface area contributed by atoms with Crippen molar-refractivity contribution in [1.29, 1.82) is 0 Å². The molecule has 2 aromatic heterocycles. The Kier molecular flexibility index (Phi) is 4.79. The average molecular weight is 383 g/mol. The van der Waals surface area contributed by atoms with E-state index in [0.717, 1.165) is 24.4 Å². The molecule has 1 fully saturated rings. The molecular weight excluding hydrogens is 360 g/mol. The molecule has 0 bridgehead atoms. The number of pyridine rings is 1. The van der Waals surface area contributed by atoms with E-state index in [1.54, 1.807) is 12.1 Å². The number of anilines is 1. The Morgan fingerprint density at radius 3 is 2.63 bits per heavy atom. The molecule has 27 heavy (non-hydrogen) atoms. The second-order valence-corrected chi connectivity index (χ2v) is 7.39.